The number of ether oxygens (including phenoxy) is 1. The monoisotopic (exact) mass is 289 g/mol. The van der Waals surface area contributed by atoms with Gasteiger partial charge in [-0.2, -0.15) is 5.10 Å². The highest BCUT2D eigenvalue weighted by atomic mass is 16.5. The molecule has 0 atom stereocenters. The summed E-state index contributed by atoms with van der Waals surface area (Å²) in [6, 6.07) is 0. The predicted octanol–water partition coefficient (Wildman–Crippen LogP) is 2.62. The van der Waals surface area contributed by atoms with Crippen molar-refractivity contribution in [2.45, 2.75) is 40.3 Å². The van der Waals surface area contributed by atoms with Crippen LogP contribution in [0.3, 0.4) is 0 Å². The fourth-order valence-corrected chi connectivity index (χ4v) is 1.88. The first kappa shape index (κ1) is 15.4. The maximum absolute atomic E-state index is 5.69. The Morgan fingerprint density at radius 1 is 1.29 bits per heavy atom. The summed E-state index contributed by atoms with van der Waals surface area (Å²) in [5.74, 6) is 1.79. The highest BCUT2D eigenvalue weighted by Crippen LogP contribution is 2.17. The Morgan fingerprint density at radius 3 is 2.90 bits per heavy atom. The molecule has 0 saturated carbocycles. The molecule has 0 spiro atoms. The molecule has 1 N–H and O–H groups in total. The topological polar surface area (TPSA) is 64.9 Å². The van der Waals surface area contributed by atoms with E-state index in [0.717, 1.165) is 25.2 Å². The lowest BCUT2D eigenvalue weighted by Gasteiger charge is -2.07. The number of aryl methyl sites for hydroxylation is 1. The normalized spacial score (nSPS) is 11.0. The first-order chi connectivity index (χ1) is 10.2. The molecule has 0 aliphatic heterocycles. The lowest BCUT2D eigenvalue weighted by Crippen LogP contribution is -2.19. The van der Waals surface area contributed by atoms with Crippen LogP contribution in [0.5, 0.6) is 11.6 Å². The molecule has 2 rings (SSSR count). The van der Waals surface area contributed by atoms with Gasteiger partial charge in [-0.15, -0.1) is 0 Å². The second kappa shape index (κ2) is 7.73. The van der Waals surface area contributed by atoms with Crippen molar-refractivity contribution in [3.63, 3.8) is 0 Å². The number of nitrogens with one attached hydrogen (secondary N) is 1. The van der Waals surface area contributed by atoms with E-state index in [4.69, 9.17) is 4.74 Å². The predicted molar refractivity (Wildman–Crippen MR) is 81.2 cm³/mol. The third-order valence-electron chi connectivity index (χ3n) is 2.81. The summed E-state index contributed by atoms with van der Waals surface area (Å²) < 4.78 is 7.55. The number of rotatable bonds is 8. The molecule has 0 aliphatic carbocycles. The number of nitrogens with zero attached hydrogens (tertiary/aromatic N) is 4. The lowest BCUT2D eigenvalue weighted by molar-refractivity contribution is 0.453. The Labute approximate surface area is 125 Å². The van der Waals surface area contributed by atoms with E-state index in [1.54, 1.807) is 18.6 Å². The fourth-order valence-electron chi connectivity index (χ4n) is 1.88. The summed E-state index contributed by atoms with van der Waals surface area (Å²) in [5, 5.41) is 7.56. The third-order valence-corrected chi connectivity index (χ3v) is 2.81. The lowest BCUT2D eigenvalue weighted by atomic mass is 10.2. The Morgan fingerprint density at radius 2 is 2.14 bits per heavy atom. The molecule has 0 aromatic carbocycles. The Balaban J connectivity index is 1.93. The molecular weight excluding hydrogens is 266 g/mol. The van der Waals surface area contributed by atoms with Gasteiger partial charge in [0.1, 0.15) is 0 Å². The van der Waals surface area contributed by atoms with Gasteiger partial charge in [0.15, 0.2) is 5.75 Å². The van der Waals surface area contributed by atoms with Gasteiger partial charge in [0.2, 0.25) is 5.88 Å². The standard InChI is InChI=1S/C15H23N5O/c1-4-5-20-11-14(9-18-20)21-15-10-17-8-13(19-15)7-16-6-12(2)3/h8-12,16H,4-7H2,1-3H3. The first-order valence-corrected chi connectivity index (χ1v) is 7.39. The molecule has 2 aromatic heterocycles. The van der Waals surface area contributed by atoms with Gasteiger partial charge in [-0.1, -0.05) is 20.8 Å². The van der Waals surface area contributed by atoms with Gasteiger partial charge < -0.3 is 10.1 Å². The van der Waals surface area contributed by atoms with Crippen LogP contribution in [0.1, 0.15) is 32.9 Å². The van der Waals surface area contributed by atoms with Gasteiger partial charge in [-0.05, 0) is 18.9 Å². The minimum atomic E-state index is 0.495. The summed E-state index contributed by atoms with van der Waals surface area (Å²) in [6.07, 6.45) is 7.97. The van der Waals surface area contributed by atoms with Crippen molar-refractivity contribution in [1.29, 1.82) is 0 Å². The van der Waals surface area contributed by atoms with Crippen molar-refractivity contribution in [2.75, 3.05) is 6.54 Å². The highest BCUT2D eigenvalue weighted by molar-refractivity contribution is 5.20. The number of hydrogen-bond donors (Lipinski definition) is 1. The summed E-state index contributed by atoms with van der Waals surface area (Å²) in [6.45, 7) is 8.99. The van der Waals surface area contributed by atoms with Crippen LogP contribution in [0.2, 0.25) is 0 Å². The van der Waals surface area contributed by atoms with Crippen LogP contribution in [0.15, 0.2) is 24.8 Å². The molecule has 114 valence electrons. The summed E-state index contributed by atoms with van der Waals surface area (Å²) in [5.41, 5.74) is 0.870. The Bertz CT molecular complexity index is 553. The van der Waals surface area contributed by atoms with Gasteiger partial charge in [0.25, 0.3) is 0 Å². The van der Waals surface area contributed by atoms with Gasteiger partial charge >= 0.3 is 0 Å². The van der Waals surface area contributed by atoms with Gasteiger partial charge in [-0.25, -0.2) is 4.98 Å². The smallest absolute Gasteiger partial charge is 0.238 e. The molecular formula is C15H23N5O. The fraction of sp³-hybridized carbons (Fsp3) is 0.533. The average molecular weight is 289 g/mol. The zero-order valence-electron chi connectivity index (χ0n) is 12.9. The molecule has 2 heterocycles. The van der Waals surface area contributed by atoms with Crippen LogP contribution in [-0.4, -0.2) is 26.3 Å². The molecule has 0 fully saturated rings. The Hall–Kier alpha value is -1.95. The zero-order valence-corrected chi connectivity index (χ0v) is 12.9. The van der Waals surface area contributed by atoms with Crippen LogP contribution in [0.4, 0.5) is 0 Å². The summed E-state index contributed by atoms with van der Waals surface area (Å²) in [7, 11) is 0. The van der Waals surface area contributed by atoms with E-state index in [9.17, 15) is 0 Å². The average Bonchev–Trinajstić information content (AvgIpc) is 2.86. The maximum atomic E-state index is 5.69. The molecule has 6 nitrogen and oxygen atoms in total. The molecule has 0 aliphatic rings. The quantitative estimate of drug-likeness (QED) is 0.809. The molecule has 6 heteroatoms. The van der Waals surface area contributed by atoms with Crippen LogP contribution in [0, 0.1) is 5.92 Å². The van der Waals surface area contributed by atoms with Crippen LogP contribution >= 0.6 is 0 Å². The SMILES string of the molecule is CCCn1cc(Oc2cncc(CNCC(C)C)n2)cn1. The minimum Gasteiger partial charge on any atom is -0.434 e. The van der Waals surface area contributed by atoms with E-state index in [1.807, 2.05) is 10.9 Å². The number of hydrogen-bond acceptors (Lipinski definition) is 5. The van der Waals surface area contributed by atoms with Gasteiger partial charge in [-0.3, -0.25) is 9.67 Å². The van der Waals surface area contributed by atoms with E-state index in [2.05, 4.69) is 41.2 Å². The molecule has 0 saturated heterocycles. The number of aromatic nitrogens is 4. The van der Waals surface area contributed by atoms with Crippen molar-refractivity contribution in [3.8, 4) is 11.6 Å². The maximum Gasteiger partial charge on any atom is 0.238 e. The van der Waals surface area contributed by atoms with E-state index in [1.165, 1.54) is 0 Å². The van der Waals surface area contributed by atoms with Crippen molar-refractivity contribution < 1.29 is 4.74 Å². The van der Waals surface area contributed by atoms with Gasteiger partial charge in [0.05, 0.1) is 24.3 Å². The third kappa shape index (κ3) is 5.15. The summed E-state index contributed by atoms with van der Waals surface area (Å²) in [4.78, 5) is 8.60. The van der Waals surface area contributed by atoms with Crippen molar-refractivity contribution in [1.82, 2.24) is 25.1 Å². The van der Waals surface area contributed by atoms with Crippen LogP contribution in [-0.2, 0) is 13.1 Å². The highest BCUT2D eigenvalue weighted by Gasteiger charge is 2.04. The second-order valence-electron chi connectivity index (χ2n) is 5.41. The molecule has 0 radical (unpaired) electrons. The second-order valence-corrected chi connectivity index (χ2v) is 5.41. The molecule has 21 heavy (non-hydrogen) atoms. The van der Waals surface area contributed by atoms with Crippen molar-refractivity contribution in [2.24, 2.45) is 5.92 Å². The van der Waals surface area contributed by atoms with Crippen LogP contribution in [0.25, 0.3) is 0 Å². The molecule has 0 bridgehead atoms. The summed E-state index contributed by atoms with van der Waals surface area (Å²) >= 11 is 0. The van der Waals surface area contributed by atoms with Crippen LogP contribution < -0.4 is 10.1 Å². The molecule has 2 aromatic rings. The van der Waals surface area contributed by atoms with E-state index in [-0.39, 0.29) is 0 Å². The van der Waals surface area contributed by atoms with Gasteiger partial charge in [0, 0.05) is 19.3 Å². The van der Waals surface area contributed by atoms with E-state index in [0.29, 0.717) is 24.1 Å². The largest absolute Gasteiger partial charge is 0.434 e. The van der Waals surface area contributed by atoms with E-state index >= 15 is 0 Å². The van der Waals surface area contributed by atoms with Crippen molar-refractivity contribution >= 4 is 0 Å². The van der Waals surface area contributed by atoms with Crippen molar-refractivity contribution in [3.05, 3.63) is 30.5 Å². The Kier molecular flexibility index (Phi) is 5.68. The molecule has 0 unspecified atom stereocenters. The molecule has 0 amide bonds. The van der Waals surface area contributed by atoms with E-state index < -0.39 is 0 Å². The zero-order chi connectivity index (χ0) is 15.1. The minimum absolute atomic E-state index is 0.495. The first-order valence-electron chi connectivity index (χ1n) is 7.39.